The van der Waals surface area contributed by atoms with Gasteiger partial charge in [-0.3, -0.25) is 4.79 Å². The smallest absolute Gasteiger partial charge is 0.271 e. The van der Waals surface area contributed by atoms with Crippen molar-refractivity contribution in [3.8, 4) is 0 Å². The number of hydrogen-bond acceptors (Lipinski definition) is 3. The molecule has 0 radical (unpaired) electrons. The zero-order valence-electron chi connectivity index (χ0n) is 14.2. The number of fused-ring (bicyclic) bond motifs is 1. The zero-order chi connectivity index (χ0) is 16.8. The number of hydrogen-bond donors (Lipinski definition) is 1. The summed E-state index contributed by atoms with van der Waals surface area (Å²) in [5.41, 5.74) is 4.74. The molecule has 1 fully saturated rings. The quantitative estimate of drug-likeness (QED) is 0.773. The van der Waals surface area contributed by atoms with Crippen molar-refractivity contribution in [2.45, 2.75) is 39.7 Å². The minimum Gasteiger partial charge on any atom is -0.359 e. The maximum Gasteiger partial charge on any atom is 0.271 e. The number of H-pyrrole nitrogens is 1. The molecule has 1 N–H and O–H groups in total. The molecule has 1 saturated heterocycles. The van der Waals surface area contributed by atoms with Gasteiger partial charge in [0.1, 0.15) is 5.69 Å². The number of benzene rings is 1. The van der Waals surface area contributed by atoms with Crippen LogP contribution in [0.3, 0.4) is 0 Å². The van der Waals surface area contributed by atoms with Crippen LogP contribution in [-0.4, -0.2) is 27.5 Å². The van der Waals surface area contributed by atoms with Crippen LogP contribution in [0.1, 0.15) is 52.0 Å². The van der Waals surface area contributed by atoms with Crippen molar-refractivity contribution in [3.05, 3.63) is 52.5 Å². The van der Waals surface area contributed by atoms with E-state index in [4.69, 9.17) is 4.52 Å². The van der Waals surface area contributed by atoms with Gasteiger partial charge in [-0.05, 0) is 51.3 Å². The lowest BCUT2D eigenvalue weighted by Crippen LogP contribution is -2.31. The van der Waals surface area contributed by atoms with Crippen molar-refractivity contribution < 1.29 is 9.32 Å². The summed E-state index contributed by atoms with van der Waals surface area (Å²) in [5, 5.41) is 5.08. The third-order valence-electron chi connectivity index (χ3n) is 4.92. The van der Waals surface area contributed by atoms with E-state index < -0.39 is 0 Å². The predicted octanol–water partition coefficient (Wildman–Crippen LogP) is 4.06. The van der Waals surface area contributed by atoms with E-state index in [1.807, 2.05) is 30.9 Å². The lowest BCUT2D eigenvalue weighted by molar-refractivity contribution is 0.0709. The highest BCUT2D eigenvalue weighted by Gasteiger charge is 2.34. The Morgan fingerprint density at radius 1 is 1.29 bits per heavy atom. The van der Waals surface area contributed by atoms with Crippen LogP contribution < -0.4 is 0 Å². The molecule has 1 aliphatic heterocycles. The molecular weight excluding hydrogens is 302 g/mol. The summed E-state index contributed by atoms with van der Waals surface area (Å²) in [6.07, 6.45) is 1.90. The van der Waals surface area contributed by atoms with Crippen LogP contribution in [0.15, 0.2) is 28.8 Å². The second kappa shape index (κ2) is 5.51. The Labute approximate surface area is 140 Å². The molecule has 1 amide bonds. The van der Waals surface area contributed by atoms with Gasteiger partial charge in [0, 0.05) is 23.5 Å². The minimum absolute atomic E-state index is 0.0220. The Morgan fingerprint density at radius 3 is 2.88 bits per heavy atom. The van der Waals surface area contributed by atoms with E-state index in [2.05, 4.69) is 29.2 Å². The monoisotopic (exact) mass is 323 g/mol. The molecule has 124 valence electrons. The summed E-state index contributed by atoms with van der Waals surface area (Å²) < 4.78 is 5.42. The SMILES string of the molecule is Cc1ccc2[nH]c(C(=O)N3CCC[C@@H]3c3cc(C)no3)c(C)c2c1. The van der Waals surface area contributed by atoms with E-state index in [9.17, 15) is 4.79 Å². The fraction of sp³-hybridized carbons (Fsp3) is 0.368. The number of aromatic nitrogens is 2. The third-order valence-corrected chi connectivity index (χ3v) is 4.92. The Bertz CT molecular complexity index is 922. The second-order valence-corrected chi connectivity index (χ2v) is 6.70. The van der Waals surface area contributed by atoms with E-state index in [0.717, 1.165) is 47.3 Å². The number of carbonyl (C=O) groups excluding carboxylic acids is 1. The Kier molecular flexibility index (Phi) is 3.44. The molecule has 2 aromatic heterocycles. The topological polar surface area (TPSA) is 62.1 Å². The zero-order valence-corrected chi connectivity index (χ0v) is 14.2. The molecular formula is C19H21N3O2. The Balaban J connectivity index is 1.71. The van der Waals surface area contributed by atoms with Crippen LogP contribution in [0.2, 0.25) is 0 Å². The Morgan fingerprint density at radius 2 is 2.12 bits per heavy atom. The van der Waals surface area contributed by atoms with Gasteiger partial charge >= 0.3 is 0 Å². The van der Waals surface area contributed by atoms with Gasteiger partial charge in [0.2, 0.25) is 0 Å². The number of nitrogens with one attached hydrogen (secondary N) is 1. The molecule has 1 aliphatic rings. The first-order valence-electron chi connectivity index (χ1n) is 8.37. The first-order valence-corrected chi connectivity index (χ1v) is 8.37. The third kappa shape index (κ3) is 2.31. The number of amides is 1. The van der Waals surface area contributed by atoms with Gasteiger partial charge in [-0.25, -0.2) is 0 Å². The molecule has 5 heteroatoms. The second-order valence-electron chi connectivity index (χ2n) is 6.70. The van der Waals surface area contributed by atoms with Crippen molar-refractivity contribution in [1.29, 1.82) is 0 Å². The van der Waals surface area contributed by atoms with Gasteiger partial charge in [0.15, 0.2) is 5.76 Å². The van der Waals surface area contributed by atoms with Crippen LogP contribution >= 0.6 is 0 Å². The van der Waals surface area contributed by atoms with Crippen molar-refractivity contribution in [2.75, 3.05) is 6.54 Å². The van der Waals surface area contributed by atoms with Crippen LogP contribution in [-0.2, 0) is 0 Å². The van der Waals surface area contributed by atoms with E-state index in [1.165, 1.54) is 5.56 Å². The largest absolute Gasteiger partial charge is 0.359 e. The summed E-state index contributed by atoms with van der Waals surface area (Å²) in [4.78, 5) is 18.4. The maximum absolute atomic E-state index is 13.1. The standard InChI is InChI=1S/C19H21N3O2/c1-11-6-7-15-14(9-11)13(3)18(20-15)19(23)22-8-4-5-16(22)17-10-12(2)21-24-17/h6-7,9-10,16,20H,4-5,8H2,1-3H3/t16-/m1/s1. The molecule has 3 heterocycles. The highest BCUT2D eigenvalue weighted by molar-refractivity contribution is 6.01. The lowest BCUT2D eigenvalue weighted by atomic mass is 10.1. The molecule has 1 aromatic carbocycles. The number of carbonyl (C=O) groups is 1. The lowest BCUT2D eigenvalue weighted by Gasteiger charge is -2.22. The maximum atomic E-state index is 13.1. The Hall–Kier alpha value is -2.56. The van der Waals surface area contributed by atoms with Crippen molar-refractivity contribution in [3.63, 3.8) is 0 Å². The summed E-state index contributed by atoms with van der Waals surface area (Å²) in [6, 6.07) is 8.13. The predicted molar refractivity (Wildman–Crippen MR) is 92.0 cm³/mol. The fourth-order valence-corrected chi connectivity index (χ4v) is 3.64. The number of aryl methyl sites for hydroxylation is 3. The van der Waals surface area contributed by atoms with Gasteiger partial charge in [-0.1, -0.05) is 16.8 Å². The van der Waals surface area contributed by atoms with Crippen LogP contribution in [0.5, 0.6) is 0 Å². The number of nitrogens with zero attached hydrogens (tertiary/aromatic N) is 2. The van der Waals surface area contributed by atoms with E-state index >= 15 is 0 Å². The highest BCUT2D eigenvalue weighted by atomic mass is 16.5. The van der Waals surface area contributed by atoms with Crippen molar-refractivity contribution in [1.82, 2.24) is 15.0 Å². The van der Waals surface area contributed by atoms with Gasteiger partial charge in [0.05, 0.1) is 11.7 Å². The molecule has 5 nitrogen and oxygen atoms in total. The van der Waals surface area contributed by atoms with Crippen LogP contribution in [0.25, 0.3) is 10.9 Å². The van der Waals surface area contributed by atoms with Crippen molar-refractivity contribution >= 4 is 16.8 Å². The molecule has 3 aromatic rings. The molecule has 24 heavy (non-hydrogen) atoms. The van der Waals surface area contributed by atoms with E-state index in [-0.39, 0.29) is 11.9 Å². The van der Waals surface area contributed by atoms with Gasteiger partial charge < -0.3 is 14.4 Å². The molecule has 0 bridgehead atoms. The first kappa shape index (κ1) is 15.0. The number of aromatic amines is 1. The molecule has 0 spiro atoms. The average molecular weight is 323 g/mol. The van der Waals surface area contributed by atoms with E-state index in [1.54, 1.807) is 0 Å². The summed E-state index contributed by atoms with van der Waals surface area (Å²) in [5.74, 6) is 0.820. The number of likely N-dealkylation sites (tertiary alicyclic amines) is 1. The fourth-order valence-electron chi connectivity index (χ4n) is 3.64. The first-order chi connectivity index (χ1) is 11.5. The van der Waals surface area contributed by atoms with Crippen molar-refractivity contribution in [2.24, 2.45) is 0 Å². The molecule has 0 saturated carbocycles. The molecule has 0 unspecified atom stereocenters. The van der Waals surface area contributed by atoms with Crippen LogP contribution in [0.4, 0.5) is 0 Å². The van der Waals surface area contributed by atoms with Gasteiger partial charge in [-0.15, -0.1) is 0 Å². The van der Waals surface area contributed by atoms with Gasteiger partial charge in [0.25, 0.3) is 5.91 Å². The molecule has 0 aliphatic carbocycles. The average Bonchev–Trinajstić information content (AvgIpc) is 3.26. The summed E-state index contributed by atoms with van der Waals surface area (Å²) in [6.45, 7) is 6.72. The minimum atomic E-state index is -0.0220. The molecule has 1 atom stereocenters. The number of rotatable bonds is 2. The summed E-state index contributed by atoms with van der Waals surface area (Å²) >= 11 is 0. The molecule has 4 rings (SSSR count). The highest BCUT2D eigenvalue weighted by Crippen LogP contribution is 2.34. The van der Waals surface area contributed by atoms with Gasteiger partial charge in [-0.2, -0.15) is 0 Å². The van der Waals surface area contributed by atoms with Crippen LogP contribution in [0, 0.1) is 20.8 Å². The normalized spacial score (nSPS) is 17.8. The van der Waals surface area contributed by atoms with E-state index in [0.29, 0.717) is 5.69 Å². The summed E-state index contributed by atoms with van der Waals surface area (Å²) in [7, 11) is 0.